The lowest BCUT2D eigenvalue weighted by Gasteiger charge is -2.36. The number of nitrogens with zero attached hydrogens (tertiary/aromatic N) is 3. The van der Waals surface area contributed by atoms with Crippen LogP contribution in [0.1, 0.15) is 11.1 Å². The van der Waals surface area contributed by atoms with Crippen LogP contribution in [0.25, 0.3) is 0 Å². The number of aromatic nitrogens is 1. The Morgan fingerprint density at radius 1 is 1.04 bits per heavy atom. The molecule has 4 rings (SSSR count). The van der Waals surface area contributed by atoms with E-state index in [1.165, 1.54) is 5.56 Å². The van der Waals surface area contributed by atoms with Crippen LogP contribution in [0.2, 0.25) is 0 Å². The number of ether oxygens (including phenoxy) is 1. The highest BCUT2D eigenvalue weighted by Crippen LogP contribution is 2.26. The summed E-state index contributed by atoms with van der Waals surface area (Å²) in [5.74, 6) is 0.0710. The fraction of sp³-hybridized carbons (Fsp3) is 0.368. The Labute approximate surface area is 141 Å². The summed E-state index contributed by atoms with van der Waals surface area (Å²) in [6.07, 6.45) is 3.68. The molecular weight excluding hydrogens is 302 g/mol. The molecule has 0 spiro atoms. The van der Waals surface area contributed by atoms with Crippen LogP contribution in [-0.2, 0) is 22.6 Å². The van der Waals surface area contributed by atoms with Gasteiger partial charge >= 0.3 is 0 Å². The Balaban J connectivity index is 1.47. The van der Waals surface area contributed by atoms with Gasteiger partial charge in [-0.3, -0.25) is 14.7 Å². The monoisotopic (exact) mass is 323 g/mol. The molecule has 1 aromatic carbocycles. The highest BCUT2D eigenvalue weighted by Gasteiger charge is 2.42. The SMILES string of the molecule is O=C1CO[C@H]2CN(Cc3ccccc3)C[C@H]2N1Cc1cccnc1. The van der Waals surface area contributed by atoms with Crippen molar-refractivity contribution in [2.24, 2.45) is 0 Å². The molecule has 0 radical (unpaired) electrons. The maximum Gasteiger partial charge on any atom is 0.249 e. The first-order chi connectivity index (χ1) is 11.8. The van der Waals surface area contributed by atoms with Gasteiger partial charge in [-0.1, -0.05) is 36.4 Å². The van der Waals surface area contributed by atoms with Crippen LogP contribution in [0.3, 0.4) is 0 Å². The predicted octanol–water partition coefficient (Wildman–Crippen LogP) is 1.69. The molecule has 1 aromatic heterocycles. The van der Waals surface area contributed by atoms with E-state index >= 15 is 0 Å². The summed E-state index contributed by atoms with van der Waals surface area (Å²) < 4.78 is 5.80. The van der Waals surface area contributed by atoms with E-state index in [2.05, 4.69) is 34.1 Å². The molecule has 0 saturated carbocycles. The predicted molar refractivity (Wildman–Crippen MR) is 90.0 cm³/mol. The van der Waals surface area contributed by atoms with Gasteiger partial charge in [-0.25, -0.2) is 0 Å². The van der Waals surface area contributed by atoms with Crippen LogP contribution in [0, 0.1) is 0 Å². The standard InChI is InChI=1S/C19H21N3O2/c23-19-14-24-18-13-21(10-15-5-2-1-3-6-15)12-17(18)22(19)11-16-7-4-8-20-9-16/h1-9,17-18H,10-14H2/t17-,18+/m1/s1. The number of hydrogen-bond acceptors (Lipinski definition) is 4. The van der Waals surface area contributed by atoms with Gasteiger partial charge in [0.15, 0.2) is 0 Å². The van der Waals surface area contributed by atoms with Crippen LogP contribution in [0.5, 0.6) is 0 Å². The van der Waals surface area contributed by atoms with Crippen molar-refractivity contribution in [3.63, 3.8) is 0 Å². The highest BCUT2D eigenvalue weighted by atomic mass is 16.5. The Morgan fingerprint density at radius 3 is 2.67 bits per heavy atom. The third-order valence-electron chi connectivity index (χ3n) is 4.78. The van der Waals surface area contributed by atoms with E-state index in [9.17, 15) is 4.79 Å². The summed E-state index contributed by atoms with van der Waals surface area (Å²) in [4.78, 5) is 20.9. The molecule has 124 valence electrons. The van der Waals surface area contributed by atoms with Crippen LogP contribution in [-0.4, -0.2) is 52.5 Å². The second-order valence-electron chi connectivity index (χ2n) is 6.48. The molecule has 0 unspecified atom stereocenters. The number of carbonyl (C=O) groups is 1. The van der Waals surface area contributed by atoms with Gasteiger partial charge in [0.05, 0.1) is 12.1 Å². The summed E-state index contributed by atoms with van der Waals surface area (Å²) in [7, 11) is 0. The summed E-state index contributed by atoms with van der Waals surface area (Å²) >= 11 is 0. The molecule has 0 N–H and O–H groups in total. The maximum absolute atomic E-state index is 12.4. The van der Waals surface area contributed by atoms with Crippen molar-refractivity contribution < 1.29 is 9.53 Å². The van der Waals surface area contributed by atoms with Crippen LogP contribution in [0.15, 0.2) is 54.9 Å². The van der Waals surface area contributed by atoms with E-state index in [4.69, 9.17) is 4.74 Å². The van der Waals surface area contributed by atoms with Gasteiger partial charge in [-0.2, -0.15) is 0 Å². The van der Waals surface area contributed by atoms with Crippen molar-refractivity contribution in [2.45, 2.75) is 25.2 Å². The van der Waals surface area contributed by atoms with Crippen LogP contribution >= 0.6 is 0 Å². The average Bonchev–Trinajstić information content (AvgIpc) is 3.02. The molecule has 24 heavy (non-hydrogen) atoms. The summed E-state index contributed by atoms with van der Waals surface area (Å²) in [6, 6.07) is 14.5. The molecule has 2 aliphatic heterocycles. The molecule has 2 aliphatic rings. The Hall–Kier alpha value is -2.24. The molecule has 5 nitrogen and oxygen atoms in total. The van der Waals surface area contributed by atoms with Crippen molar-refractivity contribution in [2.75, 3.05) is 19.7 Å². The fourth-order valence-electron chi connectivity index (χ4n) is 3.61. The molecule has 3 heterocycles. The minimum atomic E-state index is 0.0710. The molecule has 2 aromatic rings. The largest absolute Gasteiger partial charge is 0.365 e. The minimum absolute atomic E-state index is 0.0710. The van der Waals surface area contributed by atoms with E-state index in [-0.39, 0.29) is 24.7 Å². The third kappa shape index (κ3) is 3.18. The molecular formula is C19H21N3O2. The number of pyridine rings is 1. The Bertz CT molecular complexity index is 692. The Morgan fingerprint density at radius 2 is 1.88 bits per heavy atom. The minimum Gasteiger partial charge on any atom is -0.365 e. The van der Waals surface area contributed by atoms with E-state index < -0.39 is 0 Å². The lowest BCUT2D eigenvalue weighted by atomic mass is 10.1. The number of likely N-dealkylation sites (tertiary alicyclic amines) is 1. The van der Waals surface area contributed by atoms with Crippen LogP contribution in [0.4, 0.5) is 0 Å². The molecule has 0 bridgehead atoms. The number of rotatable bonds is 4. The first-order valence-electron chi connectivity index (χ1n) is 8.36. The third-order valence-corrected chi connectivity index (χ3v) is 4.78. The maximum atomic E-state index is 12.4. The van der Waals surface area contributed by atoms with Gasteiger partial charge in [0, 0.05) is 38.6 Å². The number of amides is 1. The number of carbonyl (C=O) groups excluding carboxylic acids is 1. The number of benzene rings is 1. The Kier molecular flexibility index (Phi) is 4.28. The fourth-order valence-corrected chi connectivity index (χ4v) is 3.61. The normalized spacial score (nSPS) is 24.2. The van der Waals surface area contributed by atoms with E-state index in [1.807, 2.05) is 29.3 Å². The van der Waals surface area contributed by atoms with E-state index in [0.717, 1.165) is 25.2 Å². The zero-order chi connectivity index (χ0) is 16.4. The van der Waals surface area contributed by atoms with Crippen molar-refractivity contribution in [1.82, 2.24) is 14.8 Å². The van der Waals surface area contributed by atoms with Gasteiger partial charge in [0.2, 0.25) is 5.91 Å². The zero-order valence-electron chi connectivity index (χ0n) is 13.5. The van der Waals surface area contributed by atoms with Crippen LogP contribution < -0.4 is 0 Å². The van der Waals surface area contributed by atoms with Gasteiger partial charge < -0.3 is 9.64 Å². The smallest absolute Gasteiger partial charge is 0.249 e. The van der Waals surface area contributed by atoms with Gasteiger partial charge in [-0.15, -0.1) is 0 Å². The van der Waals surface area contributed by atoms with Crippen molar-refractivity contribution in [3.05, 3.63) is 66.0 Å². The molecule has 2 fully saturated rings. The first-order valence-corrected chi connectivity index (χ1v) is 8.36. The lowest BCUT2D eigenvalue weighted by Crippen LogP contribution is -2.53. The van der Waals surface area contributed by atoms with Crippen molar-refractivity contribution >= 4 is 5.91 Å². The topological polar surface area (TPSA) is 45.7 Å². The lowest BCUT2D eigenvalue weighted by molar-refractivity contribution is -0.153. The summed E-state index contributed by atoms with van der Waals surface area (Å²) in [6.45, 7) is 3.41. The molecule has 0 aliphatic carbocycles. The average molecular weight is 323 g/mol. The number of fused-ring (bicyclic) bond motifs is 1. The number of hydrogen-bond donors (Lipinski definition) is 0. The van der Waals surface area contributed by atoms with Crippen molar-refractivity contribution in [3.8, 4) is 0 Å². The highest BCUT2D eigenvalue weighted by molar-refractivity contribution is 5.78. The summed E-state index contributed by atoms with van der Waals surface area (Å²) in [5, 5.41) is 0. The van der Waals surface area contributed by atoms with E-state index in [1.54, 1.807) is 6.20 Å². The molecule has 2 saturated heterocycles. The van der Waals surface area contributed by atoms with Gasteiger partial charge in [-0.05, 0) is 17.2 Å². The molecule has 5 heteroatoms. The first kappa shape index (κ1) is 15.3. The molecule has 1 amide bonds. The number of morpholine rings is 1. The van der Waals surface area contributed by atoms with Gasteiger partial charge in [0.1, 0.15) is 6.61 Å². The van der Waals surface area contributed by atoms with E-state index in [0.29, 0.717) is 6.54 Å². The quantitative estimate of drug-likeness (QED) is 0.859. The van der Waals surface area contributed by atoms with Crippen molar-refractivity contribution in [1.29, 1.82) is 0 Å². The molecule has 2 atom stereocenters. The zero-order valence-corrected chi connectivity index (χ0v) is 13.5. The summed E-state index contributed by atoms with van der Waals surface area (Å²) in [5.41, 5.74) is 2.36. The van der Waals surface area contributed by atoms with Gasteiger partial charge in [0.25, 0.3) is 0 Å². The second-order valence-corrected chi connectivity index (χ2v) is 6.48. The second kappa shape index (κ2) is 6.71.